The van der Waals surface area contributed by atoms with Crippen LogP contribution in [0.1, 0.15) is 0 Å². The molecule has 0 unspecified atom stereocenters. The molecule has 0 rings (SSSR count). The first-order chi connectivity index (χ1) is 3.41. The van der Waals surface area contributed by atoms with Gasteiger partial charge in [-0.3, -0.25) is 0 Å². The summed E-state index contributed by atoms with van der Waals surface area (Å²) in [7, 11) is 0. The van der Waals surface area contributed by atoms with Gasteiger partial charge in [0.25, 0.3) is 0 Å². The van der Waals surface area contributed by atoms with Crippen molar-refractivity contribution < 1.29 is 4.18 Å². The maximum Gasteiger partial charge on any atom is 0.0698 e. The van der Waals surface area contributed by atoms with E-state index in [1.165, 1.54) is 0 Å². The van der Waals surface area contributed by atoms with Crippen molar-refractivity contribution in [3.8, 4) is 0 Å². The average molecular weight is 138 g/mol. The minimum absolute atomic E-state index is 0.617. The molecule has 0 aliphatic heterocycles. The fourth-order valence-corrected chi connectivity index (χ4v) is 0.367. The van der Waals surface area contributed by atoms with Crippen LogP contribution in [0.5, 0.6) is 0 Å². The second-order valence-corrected chi connectivity index (χ2v) is 1.26. The van der Waals surface area contributed by atoms with Gasteiger partial charge in [0.2, 0.25) is 0 Å². The van der Waals surface area contributed by atoms with Crippen LogP contribution in [0.4, 0.5) is 0 Å². The van der Waals surface area contributed by atoms with E-state index in [4.69, 9.17) is 0 Å². The van der Waals surface area contributed by atoms with Gasteiger partial charge in [-0.15, -0.1) is 13.2 Å². The summed E-state index contributed by atoms with van der Waals surface area (Å²) in [4.78, 5) is 0. The van der Waals surface area contributed by atoms with Crippen LogP contribution in [0, 0.1) is 0 Å². The van der Waals surface area contributed by atoms with Crippen LogP contribution in [0.15, 0.2) is 13.2 Å². The maximum atomic E-state index is 4.31. The highest BCUT2D eigenvalue weighted by Gasteiger charge is 1.68. The van der Waals surface area contributed by atoms with Crippen LogP contribution in [-0.2, 0) is 4.18 Å². The van der Waals surface area contributed by atoms with E-state index in [0.717, 1.165) is 5.75 Å². The van der Waals surface area contributed by atoms with E-state index in [1.807, 2.05) is 0 Å². The molecule has 0 bridgehead atoms. The molecule has 3 heteroatoms. The largest absolute Gasteiger partial charge is 0.318 e. The molecule has 7 heavy (non-hydrogen) atoms. The van der Waals surface area contributed by atoms with Crippen molar-refractivity contribution in [2.45, 2.75) is 0 Å². The van der Waals surface area contributed by atoms with Gasteiger partial charge < -0.3 is 4.18 Å². The first-order valence-electron chi connectivity index (χ1n) is 1.79. The summed E-state index contributed by atoms with van der Waals surface area (Å²) in [6, 6.07) is 0. The highest BCUT2D eigenvalue weighted by Crippen LogP contribution is 1.77. The third-order valence-corrected chi connectivity index (χ3v) is 0.548. The van der Waals surface area contributed by atoms with Gasteiger partial charge in [0.05, 0.1) is 6.61 Å². The van der Waals surface area contributed by atoms with E-state index in [0.29, 0.717) is 6.61 Å². The summed E-state index contributed by atoms with van der Waals surface area (Å²) in [6.07, 6.45) is 0. The molecule has 0 amide bonds. The average Bonchev–Trinajstić information content (AvgIpc) is 1.75. The van der Waals surface area contributed by atoms with Crippen molar-refractivity contribution in [2.75, 3.05) is 12.4 Å². The summed E-state index contributed by atoms with van der Waals surface area (Å²) in [6.45, 7) is 6.62. The van der Waals surface area contributed by atoms with Crippen LogP contribution in [-0.4, -0.2) is 12.4 Å². The van der Waals surface area contributed by atoms with E-state index in [9.17, 15) is 0 Å². The fourth-order valence-electron chi connectivity index (χ4n) is 0.0408. The highest BCUT2D eigenvalue weighted by atomic mass is 32.1. The van der Waals surface area contributed by atoms with Crippen LogP contribution in [0.3, 0.4) is 0 Å². The van der Waals surface area contributed by atoms with Gasteiger partial charge in [-0.05, 0) is 12.9 Å². The van der Waals surface area contributed by atoms with E-state index >= 15 is 0 Å². The molecule has 0 aliphatic carbocycles. The van der Waals surface area contributed by atoms with Crippen molar-refractivity contribution in [1.29, 1.82) is 0 Å². The topological polar surface area (TPSA) is 9.23 Å². The van der Waals surface area contributed by atoms with Crippen LogP contribution in [0.25, 0.3) is 0 Å². The van der Waals surface area contributed by atoms with Gasteiger partial charge in [0, 0.05) is 5.75 Å². The lowest BCUT2D eigenvalue weighted by Crippen LogP contribution is -1.80. The molecule has 0 radical (unpaired) electrons. The van der Waals surface area contributed by atoms with Gasteiger partial charge in [-0.1, -0.05) is 0 Å². The lowest BCUT2D eigenvalue weighted by atomic mass is 10.9. The summed E-state index contributed by atoms with van der Waals surface area (Å²) in [5.41, 5.74) is 0. The Labute approximate surface area is 55.8 Å². The Balaban J connectivity index is 0. The number of hydrogen-bond donors (Lipinski definition) is 2. The van der Waals surface area contributed by atoms with Crippen LogP contribution >= 0.6 is 25.5 Å². The lowest BCUT2D eigenvalue weighted by molar-refractivity contribution is 0.415. The Morgan fingerprint density at radius 3 is 1.86 bits per heavy atom. The first-order valence-corrected chi connectivity index (χ1v) is 2.79. The second kappa shape index (κ2) is 16.1. The number of hydrogen-bond acceptors (Lipinski definition) is 3. The van der Waals surface area contributed by atoms with Crippen LogP contribution in [0.2, 0.25) is 0 Å². The number of rotatable bonds is 2. The summed E-state index contributed by atoms with van der Waals surface area (Å²) < 4.78 is 4.31. The smallest absolute Gasteiger partial charge is 0.0698 e. The second-order valence-electron chi connectivity index (χ2n) is 0.557. The van der Waals surface area contributed by atoms with Gasteiger partial charge in [-0.2, -0.15) is 12.6 Å². The summed E-state index contributed by atoms with van der Waals surface area (Å²) in [5.74, 6) is 0.740. The zero-order valence-corrected chi connectivity index (χ0v) is 5.92. The molecule has 0 aromatic rings. The molecule has 1 nitrogen and oxygen atoms in total. The number of thiol groups is 2. The Kier molecular flexibility index (Phi) is 24.0. The Morgan fingerprint density at radius 2 is 1.86 bits per heavy atom. The van der Waals surface area contributed by atoms with Gasteiger partial charge in [-0.25, -0.2) is 0 Å². The molecule has 0 N–H and O–H groups in total. The molecule has 0 heterocycles. The van der Waals surface area contributed by atoms with E-state index < -0.39 is 0 Å². The minimum atomic E-state index is 0.617. The molecular formula is C4H10OS2. The van der Waals surface area contributed by atoms with E-state index in [-0.39, 0.29) is 0 Å². The normalized spacial score (nSPS) is 6.57. The zero-order valence-electron chi connectivity index (χ0n) is 4.13. The van der Waals surface area contributed by atoms with E-state index in [1.54, 1.807) is 0 Å². The van der Waals surface area contributed by atoms with Crippen molar-refractivity contribution in [2.24, 2.45) is 0 Å². The van der Waals surface area contributed by atoms with E-state index in [2.05, 4.69) is 42.9 Å². The molecule has 0 aromatic carbocycles. The minimum Gasteiger partial charge on any atom is -0.318 e. The van der Waals surface area contributed by atoms with Crippen molar-refractivity contribution in [3.63, 3.8) is 0 Å². The summed E-state index contributed by atoms with van der Waals surface area (Å²) >= 11 is 7.28. The SMILES string of the molecule is C=C.SCCOS. The molecule has 0 aromatic heterocycles. The fraction of sp³-hybridized carbons (Fsp3) is 0.500. The third-order valence-electron chi connectivity index (χ3n) is 0.183. The maximum absolute atomic E-state index is 4.31. The quantitative estimate of drug-likeness (QED) is 0.335. The predicted octanol–water partition coefficient (Wildman–Crippen LogP) is 1.58. The Bertz CT molecular complexity index is 23.7. The molecule has 0 saturated carbocycles. The standard InChI is InChI=1S/C2H6OS2.C2H4/c4-2-1-3-5;1-2/h4-5H,1-2H2;1-2H2. The zero-order chi connectivity index (χ0) is 6.12. The van der Waals surface area contributed by atoms with Gasteiger partial charge in [0.15, 0.2) is 0 Å². The highest BCUT2D eigenvalue weighted by molar-refractivity contribution is 7.80. The lowest BCUT2D eigenvalue weighted by Gasteiger charge is -1.81. The molecule has 0 aliphatic rings. The molecule has 0 saturated heterocycles. The molecule has 0 atom stereocenters. The van der Waals surface area contributed by atoms with Crippen molar-refractivity contribution in [1.82, 2.24) is 0 Å². The predicted molar refractivity (Wildman–Crippen MR) is 40.0 cm³/mol. The van der Waals surface area contributed by atoms with Gasteiger partial charge >= 0.3 is 0 Å². The van der Waals surface area contributed by atoms with Crippen LogP contribution < -0.4 is 0 Å². The van der Waals surface area contributed by atoms with Crippen molar-refractivity contribution >= 4 is 25.5 Å². The monoisotopic (exact) mass is 138 g/mol. The third kappa shape index (κ3) is 21.5. The molecular weight excluding hydrogens is 128 g/mol. The van der Waals surface area contributed by atoms with Crippen molar-refractivity contribution in [3.05, 3.63) is 13.2 Å². The molecule has 44 valence electrons. The Hall–Kier alpha value is 0.400. The summed E-state index contributed by atoms with van der Waals surface area (Å²) in [5, 5.41) is 0. The molecule has 0 spiro atoms. The van der Waals surface area contributed by atoms with Gasteiger partial charge in [0.1, 0.15) is 0 Å². The first kappa shape index (κ1) is 10.4. The molecule has 0 fully saturated rings. The Morgan fingerprint density at radius 1 is 1.43 bits per heavy atom.